The molecular formula is C24H24N2O4. The zero-order chi connectivity index (χ0) is 20.9. The van der Waals surface area contributed by atoms with Gasteiger partial charge in [0.1, 0.15) is 11.4 Å². The van der Waals surface area contributed by atoms with Crippen LogP contribution in [0.2, 0.25) is 0 Å². The van der Waals surface area contributed by atoms with Crippen LogP contribution in [0.15, 0.2) is 48.7 Å². The molecule has 2 aliphatic heterocycles. The summed E-state index contributed by atoms with van der Waals surface area (Å²) in [4.78, 5) is 17.1. The summed E-state index contributed by atoms with van der Waals surface area (Å²) in [6.07, 6.45) is 1.93. The topological polar surface area (TPSA) is 82.9 Å². The van der Waals surface area contributed by atoms with Gasteiger partial charge < -0.3 is 19.8 Å². The molecule has 0 bridgehead atoms. The fourth-order valence-electron chi connectivity index (χ4n) is 4.82. The molecule has 1 unspecified atom stereocenters. The van der Waals surface area contributed by atoms with Gasteiger partial charge in [0.25, 0.3) is 0 Å². The number of aromatic nitrogens is 1. The molecule has 6 nitrogen and oxygen atoms in total. The van der Waals surface area contributed by atoms with Crippen molar-refractivity contribution in [2.45, 2.75) is 37.9 Å². The van der Waals surface area contributed by atoms with Crippen molar-refractivity contribution < 1.29 is 19.7 Å². The van der Waals surface area contributed by atoms with E-state index in [2.05, 4.69) is 30.1 Å². The molecule has 154 valence electrons. The van der Waals surface area contributed by atoms with Crippen LogP contribution in [0.4, 0.5) is 4.79 Å². The van der Waals surface area contributed by atoms with E-state index in [0.717, 1.165) is 33.2 Å². The Bertz CT molecular complexity index is 1140. The lowest BCUT2D eigenvalue weighted by Crippen LogP contribution is -2.51. The molecule has 3 heterocycles. The Labute approximate surface area is 174 Å². The molecule has 1 fully saturated rings. The number of hydrogen-bond donors (Lipinski definition) is 2. The normalized spacial score (nSPS) is 20.1. The summed E-state index contributed by atoms with van der Waals surface area (Å²) in [6, 6.07) is 14.1. The smallest absolute Gasteiger partial charge is 0.407 e. The Morgan fingerprint density at radius 3 is 2.77 bits per heavy atom. The maximum absolute atomic E-state index is 11.2. The van der Waals surface area contributed by atoms with Gasteiger partial charge in [-0.25, -0.2) is 4.79 Å². The molecule has 2 aliphatic rings. The molecule has 30 heavy (non-hydrogen) atoms. The van der Waals surface area contributed by atoms with Crippen LogP contribution in [0.1, 0.15) is 36.5 Å². The van der Waals surface area contributed by atoms with Crippen molar-refractivity contribution in [3.05, 3.63) is 59.8 Å². The number of piperidine rings is 1. The second kappa shape index (κ2) is 6.99. The van der Waals surface area contributed by atoms with Crippen molar-refractivity contribution in [1.82, 2.24) is 9.88 Å². The van der Waals surface area contributed by atoms with Crippen molar-refractivity contribution in [2.75, 3.05) is 13.1 Å². The van der Waals surface area contributed by atoms with Gasteiger partial charge in [0.2, 0.25) is 0 Å². The molecule has 1 spiro atoms. The first-order valence-corrected chi connectivity index (χ1v) is 10.3. The number of rotatable bonds is 1. The highest BCUT2D eigenvalue weighted by molar-refractivity contribution is 5.88. The Kier molecular flexibility index (Phi) is 4.40. The maximum atomic E-state index is 11.2. The van der Waals surface area contributed by atoms with E-state index in [1.54, 1.807) is 6.20 Å². The summed E-state index contributed by atoms with van der Waals surface area (Å²) >= 11 is 0. The Morgan fingerprint density at radius 2 is 2.00 bits per heavy atom. The summed E-state index contributed by atoms with van der Waals surface area (Å²) in [5, 5.41) is 21.2. The van der Waals surface area contributed by atoms with E-state index in [1.807, 2.05) is 24.3 Å². The number of aryl methyl sites for hydroxylation is 1. The Balaban J connectivity index is 1.47. The third-order valence-corrected chi connectivity index (χ3v) is 6.54. The predicted octanol–water partition coefficient (Wildman–Crippen LogP) is 4.54. The van der Waals surface area contributed by atoms with Crippen LogP contribution < -0.4 is 4.74 Å². The highest BCUT2D eigenvalue weighted by atomic mass is 16.5. The van der Waals surface area contributed by atoms with Gasteiger partial charge in [0.15, 0.2) is 0 Å². The lowest BCUT2D eigenvalue weighted by molar-refractivity contribution is -0.0501. The number of carboxylic acid groups (broad SMARTS) is 1. The van der Waals surface area contributed by atoms with Crippen molar-refractivity contribution >= 4 is 17.0 Å². The molecule has 1 aromatic heterocycles. The number of nitrogens with zero attached hydrogens (tertiary/aromatic N) is 2. The summed E-state index contributed by atoms with van der Waals surface area (Å²) in [5.74, 6) is 0.692. The molecule has 2 N–H and O–H groups in total. The van der Waals surface area contributed by atoms with E-state index < -0.39 is 17.8 Å². The summed E-state index contributed by atoms with van der Waals surface area (Å²) in [6.45, 7) is 2.93. The summed E-state index contributed by atoms with van der Waals surface area (Å²) < 4.78 is 6.36. The zero-order valence-corrected chi connectivity index (χ0v) is 16.8. The largest absolute Gasteiger partial charge is 0.487 e. The number of amides is 1. The lowest BCUT2D eigenvalue weighted by atomic mass is 9.81. The minimum atomic E-state index is -0.897. The monoisotopic (exact) mass is 404 g/mol. The fraction of sp³-hybridized carbons (Fsp3) is 0.333. The van der Waals surface area contributed by atoms with Crippen LogP contribution in [0, 0.1) is 6.92 Å². The summed E-state index contributed by atoms with van der Waals surface area (Å²) in [7, 11) is 0. The predicted molar refractivity (Wildman–Crippen MR) is 114 cm³/mol. The number of hydrogen-bond acceptors (Lipinski definition) is 4. The van der Waals surface area contributed by atoms with E-state index in [9.17, 15) is 15.0 Å². The van der Waals surface area contributed by atoms with E-state index in [4.69, 9.17) is 4.74 Å². The van der Waals surface area contributed by atoms with Crippen LogP contribution in [0.3, 0.4) is 0 Å². The molecule has 3 aromatic rings. The van der Waals surface area contributed by atoms with Crippen LogP contribution in [0.5, 0.6) is 5.75 Å². The van der Waals surface area contributed by atoms with Crippen molar-refractivity contribution in [1.29, 1.82) is 0 Å². The van der Waals surface area contributed by atoms with Crippen molar-refractivity contribution in [3.63, 3.8) is 0 Å². The molecule has 2 aromatic carbocycles. The lowest BCUT2D eigenvalue weighted by Gasteiger charge is -2.45. The average Bonchev–Trinajstić information content (AvgIpc) is 2.74. The van der Waals surface area contributed by atoms with E-state index >= 15 is 0 Å². The zero-order valence-electron chi connectivity index (χ0n) is 16.8. The van der Waals surface area contributed by atoms with E-state index in [-0.39, 0.29) is 0 Å². The molecule has 1 atom stereocenters. The van der Waals surface area contributed by atoms with Gasteiger partial charge in [-0.3, -0.25) is 4.98 Å². The fourth-order valence-corrected chi connectivity index (χ4v) is 4.82. The number of ether oxygens (including phenoxy) is 1. The number of benzene rings is 2. The number of pyridine rings is 1. The third-order valence-electron chi connectivity index (χ3n) is 6.54. The van der Waals surface area contributed by atoms with Crippen LogP contribution >= 0.6 is 0 Å². The first-order chi connectivity index (χ1) is 14.5. The van der Waals surface area contributed by atoms with Gasteiger partial charge in [-0.05, 0) is 41.8 Å². The average molecular weight is 404 g/mol. The third kappa shape index (κ3) is 3.08. The Morgan fingerprint density at radius 1 is 1.20 bits per heavy atom. The van der Waals surface area contributed by atoms with Crippen LogP contribution in [-0.4, -0.2) is 44.9 Å². The minimum absolute atomic E-state index is 0.429. The minimum Gasteiger partial charge on any atom is -0.487 e. The van der Waals surface area contributed by atoms with Crippen molar-refractivity contribution in [3.8, 4) is 16.9 Å². The first kappa shape index (κ1) is 18.9. The number of aliphatic hydroxyl groups is 1. The Hall–Kier alpha value is -3.12. The molecular weight excluding hydrogens is 380 g/mol. The second-order valence-electron chi connectivity index (χ2n) is 8.34. The molecule has 1 amide bonds. The molecule has 0 radical (unpaired) electrons. The molecule has 5 rings (SSSR count). The summed E-state index contributed by atoms with van der Waals surface area (Å²) in [5.41, 5.74) is 4.50. The van der Waals surface area contributed by atoms with E-state index in [1.165, 1.54) is 4.90 Å². The number of likely N-dealkylation sites (tertiary alicyclic amines) is 1. The van der Waals surface area contributed by atoms with Gasteiger partial charge in [0.05, 0.1) is 11.6 Å². The number of fused-ring (bicyclic) bond motifs is 2. The quantitative estimate of drug-likeness (QED) is 0.622. The maximum Gasteiger partial charge on any atom is 0.407 e. The van der Waals surface area contributed by atoms with E-state index in [0.29, 0.717) is 38.1 Å². The van der Waals surface area contributed by atoms with Gasteiger partial charge in [0, 0.05) is 49.5 Å². The molecule has 0 aliphatic carbocycles. The molecule has 0 saturated carbocycles. The first-order valence-electron chi connectivity index (χ1n) is 10.3. The van der Waals surface area contributed by atoms with Crippen molar-refractivity contribution in [2.24, 2.45) is 0 Å². The van der Waals surface area contributed by atoms with Gasteiger partial charge >= 0.3 is 6.09 Å². The van der Waals surface area contributed by atoms with Gasteiger partial charge in [-0.2, -0.15) is 0 Å². The highest BCUT2D eigenvalue weighted by Gasteiger charge is 2.43. The van der Waals surface area contributed by atoms with Gasteiger partial charge in [-0.1, -0.05) is 24.3 Å². The highest BCUT2D eigenvalue weighted by Crippen LogP contribution is 2.45. The van der Waals surface area contributed by atoms with Crippen LogP contribution in [-0.2, 0) is 0 Å². The number of carbonyl (C=O) groups is 1. The van der Waals surface area contributed by atoms with Gasteiger partial charge in [-0.15, -0.1) is 0 Å². The second-order valence-corrected chi connectivity index (χ2v) is 8.34. The molecule has 1 saturated heterocycles. The van der Waals surface area contributed by atoms with Crippen LogP contribution in [0.25, 0.3) is 22.0 Å². The number of aliphatic hydroxyl groups excluding tert-OH is 1. The molecule has 6 heteroatoms. The SMILES string of the molecule is Cc1c(-c2ccc3c(c2)C(O)CC2(CCN(C(=O)O)CC2)O3)ccc2cccnc12. The standard InChI is InChI=1S/C24H24N2O4/c1-15-18(6-4-16-3-2-10-25-22(15)16)17-5-7-21-19(13-17)20(27)14-24(30-21)8-11-26(12-9-24)23(28)29/h2-7,10,13,20,27H,8-9,11-12,14H2,1H3,(H,28,29).